The number of nitrogens with one attached hydrogen (secondary N) is 2. The zero-order chi connectivity index (χ0) is 14.2. The highest BCUT2D eigenvalue weighted by Crippen LogP contribution is 2.29. The molecule has 1 unspecified atom stereocenters. The van der Waals surface area contributed by atoms with Crippen LogP contribution >= 0.6 is 0 Å². The van der Waals surface area contributed by atoms with Gasteiger partial charge in [0.15, 0.2) is 0 Å². The Morgan fingerprint density at radius 2 is 2.15 bits per heavy atom. The molecule has 0 radical (unpaired) electrons. The maximum absolute atomic E-state index is 11.6. The summed E-state index contributed by atoms with van der Waals surface area (Å²) < 4.78 is 30.7. The molecule has 2 fully saturated rings. The van der Waals surface area contributed by atoms with Crippen molar-refractivity contribution in [3.8, 4) is 0 Å². The summed E-state index contributed by atoms with van der Waals surface area (Å²) in [6, 6.07) is 4.50. The molecule has 1 aliphatic heterocycles. The molecule has 1 saturated carbocycles. The molecule has 1 saturated heterocycles. The lowest BCUT2D eigenvalue weighted by atomic mass is 10.2. The molecular weight excluding hydrogens is 278 g/mol. The van der Waals surface area contributed by atoms with Gasteiger partial charge in [-0.1, -0.05) is 0 Å². The van der Waals surface area contributed by atoms with Gasteiger partial charge in [-0.2, -0.15) is 0 Å². The van der Waals surface area contributed by atoms with E-state index in [-0.39, 0.29) is 5.09 Å². The first-order valence-corrected chi connectivity index (χ1v) is 8.56. The molecule has 0 aromatic carbocycles. The number of sulfonamides is 1. The Morgan fingerprint density at radius 1 is 1.35 bits per heavy atom. The van der Waals surface area contributed by atoms with Crippen molar-refractivity contribution in [1.82, 2.24) is 14.9 Å². The molecule has 1 aromatic rings. The molecule has 112 valence electrons. The third-order valence-corrected chi connectivity index (χ3v) is 5.31. The molecule has 1 aliphatic carbocycles. The van der Waals surface area contributed by atoms with Crippen LogP contribution in [0.15, 0.2) is 21.6 Å². The highest BCUT2D eigenvalue weighted by Gasteiger charge is 2.34. The maximum Gasteiger partial charge on any atom is 0.273 e. The van der Waals surface area contributed by atoms with E-state index in [2.05, 4.69) is 14.9 Å². The van der Waals surface area contributed by atoms with Gasteiger partial charge in [0.25, 0.3) is 10.0 Å². The average molecular weight is 299 g/mol. The van der Waals surface area contributed by atoms with E-state index in [9.17, 15) is 8.42 Å². The van der Waals surface area contributed by atoms with Gasteiger partial charge in [-0.3, -0.25) is 4.90 Å². The van der Waals surface area contributed by atoms with E-state index in [4.69, 9.17) is 4.42 Å². The van der Waals surface area contributed by atoms with Crippen molar-refractivity contribution >= 4 is 10.0 Å². The third kappa shape index (κ3) is 3.06. The molecule has 2 N–H and O–H groups in total. The smallest absolute Gasteiger partial charge is 0.273 e. The molecule has 2 heterocycles. The fourth-order valence-electron chi connectivity index (χ4n) is 2.67. The van der Waals surface area contributed by atoms with Crippen molar-refractivity contribution in [3.05, 3.63) is 17.9 Å². The summed E-state index contributed by atoms with van der Waals surface area (Å²) in [4.78, 5) is 2.54. The van der Waals surface area contributed by atoms with Gasteiger partial charge in [0.05, 0.1) is 6.54 Å². The number of hydrogen-bond donors (Lipinski definition) is 2. The monoisotopic (exact) mass is 299 g/mol. The summed E-state index contributed by atoms with van der Waals surface area (Å²) in [6.45, 7) is 2.83. The summed E-state index contributed by atoms with van der Waals surface area (Å²) in [6.07, 6.45) is 3.84. The quantitative estimate of drug-likeness (QED) is 0.801. The lowest BCUT2D eigenvalue weighted by Gasteiger charge is -2.15. The summed E-state index contributed by atoms with van der Waals surface area (Å²) in [5.41, 5.74) is 0. The van der Waals surface area contributed by atoms with Crippen molar-refractivity contribution in [3.63, 3.8) is 0 Å². The first-order chi connectivity index (χ1) is 9.58. The number of nitrogens with zero attached hydrogens (tertiary/aromatic N) is 1. The normalized spacial score (nSPS) is 24.4. The molecule has 6 nitrogen and oxygen atoms in total. The van der Waals surface area contributed by atoms with Crippen LogP contribution in [0.1, 0.15) is 25.0 Å². The van der Waals surface area contributed by atoms with Gasteiger partial charge >= 0.3 is 0 Å². The minimum Gasteiger partial charge on any atom is -0.447 e. The predicted octanol–water partition coefficient (Wildman–Crippen LogP) is 0.514. The number of furan rings is 1. The van der Waals surface area contributed by atoms with E-state index >= 15 is 0 Å². The molecule has 0 amide bonds. The summed E-state index contributed by atoms with van der Waals surface area (Å²) in [5, 5.41) is 3.42. The van der Waals surface area contributed by atoms with E-state index in [0.717, 1.165) is 19.0 Å². The SMILES string of the molecule is CNS(=O)(=O)c1ccc(CNC2CCN(C3CC3)C2)o1. The average Bonchev–Trinajstić information content (AvgIpc) is 3.00. The van der Waals surface area contributed by atoms with Gasteiger partial charge in [0, 0.05) is 25.2 Å². The van der Waals surface area contributed by atoms with Gasteiger partial charge in [-0.15, -0.1) is 0 Å². The fraction of sp³-hybridized carbons (Fsp3) is 0.692. The van der Waals surface area contributed by atoms with Crippen LogP contribution in [0.25, 0.3) is 0 Å². The summed E-state index contributed by atoms with van der Waals surface area (Å²) >= 11 is 0. The van der Waals surface area contributed by atoms with Crippen LogP contribution in [0.3, 0.4) is 0 Å². The number of rotatable bonds is 6. The number of likely N-dealkylation sites (tertiary alicyclic amines) is 1. The van der Waals surface area contributed by atoms with Crippen LogP contribution in [0.5, 0.6) is 0 Å². The fourth-order valence-corrected chi connectivity index (χ4v) is 3.33. The van der Waals surface area contributed by atoms with Crippen LogP contribution < -0.4 is 10.0 Å². The minimum atomic E-state index is -3.48. The van der Waals surface area contributed by atoms with E-state index in [0.29, 0.717) is 18.3 Å². The zero-order valence-electron chi connectivity index (χ0n) is 11.6. The van der Waals surface area contributed by atoms with Crippen LogP contribution in [0, 0.1) is 0 Å². The van der Waals surface area contributed by atoms with Crippen molar-refractivity contribution < 1.29 is 12.8 Å². The lowest BCUT2D eigenvalue weighted by molar-refractivity contribution is 0.314. The topological polar surface area (TPSA) is 74.6 Å². The second-order valence-corrected chi connectivity index (χ2v) is 7.34. The second-order valence-electron chi connectivity index (χ2n) is 5.52. The Morgan fingerprint density at radius 3 is 2.85 bits per heavy atom. The Bertz CT molecular complexity index is 565. The van der Waals surface area contributed by atoms with Crippen molar-refractivity contribution in [2.75, 3.05) is 20.1 Å². The maximum atomic E-state index is 11.6. The van der Waals surface area contributed by atoms with E-state index in [1.807, 2.05) is 0 Å². The van der Waals surface area contributed by atoms with Crippen LogP contribution in [-0.2, 0) is 16.6 Å². The Balaban J connectivity index is 1.51. The Kier molecular flexibility index (Phi) is 3.85. The molecule has 0 spiro atoms. The molecule has 1 atom stereocenters. The predicted molar refractivity (Wildman–Crippen MR) is 74.8 cm³/mol. The highest BCUT2D eigenvalue weighted by molar-refractivity contribution is 7.89. The van der Waals surface area contributed by atoms with Crippen LogP contribution in [0.2, 0.25) is 0 Å². The van der Waals surface area contributed by atoms with Gasteiger partial charge in [-0.25, -0.2) is 13.1 Å². The second kappa shape index (κ2) is 5.48. The molecule has 3 rings (SSSR count). The summed E-state index contributed by atoms with van der Waals surface area (Å²) in [5.74, 6) is 0.656. The first-order valence-electron chi connectivity index (χ1n) is 7.08. The lowest BCUT2D eigenvalue weighted by Crippen LogP contribution is -2.32. The summed E-state index contributed by atoms with van der Waals surface area (Å²) in [7, 11) is -2.10. The van der Waals surface area contributed by atoms with E-state index in [1.54, 1.807) is 6.07 Å². The van der Waals surface area contributed by atoms with Crippen LogP contribution in [0.4, 0.5) is 0 Å². The van der Waals surface area contributed by atoms with Gasteiger partial charge in [0.1, 0.15) is 5.76 Å². The molecule has 0 bridgehead atoms. The standard InChI is InChI=1S/C13H21N3O3S/c1-14-20(17,18)13-5-4-12(19-13)8-15-10-6-7-16(9-10)11-2-3-11/h4-5,10-11,14-15H,2-3,6-9H2,1H3. The zero-order valence-corrected chi connectivity index (χ0v) is 12.4. The Labute approximate surface area is 119 Å². The van der Waals surface area contributed by atoms with Crippen molar-refractivity contribution in [2.45, 2.75) is 43.0 Å². The molecular formula is C13H21N3O3S. The van der Waals surface area contributed by atoms with Gasteiger partial charge in [0.2, 0.25) is 5.09 Å². The van der Waals surface area contributed by atoms with E-state index in [1.165, 1.54) is 32.5 Å². The van der Waals surface area contributed by atoms with Crippen molar-refractivity contribution in [1.29, 1.82) is 0 Å². The molecule has 2 aliphatic rings. The van der Waals surface area contributed by atoms with Crippen molar-refractivity contribution in [2.24, 2.45) is 0 Å². The van der Waals surface area contributed by atoms with E-state index < -0.39 is 10.0 Å². The molecule has 7 heteroatoms. The van der Waals surface area contributed by atoms with Gasteiger partial charge < -0.3 is 9.73 Å². The van der Waals surface area contributed by atoms with Gasteiger partial charge in [-0.05, 0) is 38.4 Å². The molecule has 20 heavy (non-hydrogen) atoms. The third-order valence-electron chi connectivity index (χ3n) is 4.02. The van der Waals surface area contributed by atoms with Crippen LogP contribution in [-0.4, -0.2) is 45.5 Å². The largest absolute Gasteiger partial charge is 0.447 e. The number of hydrogen-bond acceptors (Lipinski definition) is 5. The highest BCUT2D eigenvalue weighted by atomic mass is 32.2. The Hall–Kier alpha value is -0.890. The first kappa shape index (κ1) is 14.1. The molecule has 1 aromatic heterocycles. The minimum absolute atomic E-state index is 0.0252.